The molecule has 0 aromatic carbocycles. The number of hydrogen-bond acceptors (Lipinski definition) is 3. The number of halogens is 3. The maximum atomic E-state index is 12.1. The molecule has 1 saturated heterocycles. The molecule has 0 saturated carbocycles. The highest BCUT2D eigenvalue weighted by Gasteiger charge is 2.34. The number of nitrogens with zero attached hydrogens (tertiary/aromatic N) is 1. The van der Waals surface area contributed by atoms with Crippen LogP contribution in [0.25, 0.3) is 0 Å². The minimum absolute atomic E-state index is 0.0405. The molecule has 2 N–H and O–H groups in total. The third-order valence-corrected chi connectivity index (χ3v) is 2.68. The Labute approximate surface area is 97.8 Å². The molecule has 0 aromatic heterocycles. The Hall–Kier alpha value is -0.820. The number of alkyl halides is 3. The van der Waals surface area contributed by atoms with E-state index in [2.05, 4.69) is 5.32 Å². The van der Waals surface area contributed by atoms with E-state index in [0.717, 1.165) is 24.3 Å². The average molecular weight is 254 g/mol. The van der Waals surface area contributed by atoms with E-state index in [1.54, 1.807) is 0 Å². The summed E-state index contributed by atoms with van der Waals surface area (Å²) >= 11 is 0. The summed E-state index contributed by atoms with van der Waals surface area (Å²) in [6.45, 7) is 0.685. The van der Waals surface area contributed by atoms with Crippen molar-refractivity contribution in [2.75, 3.05) is 26.2 Å². The summed E-state index contributed by atoms with van der Waals surface area (Å²) in [5, 5.41) is 11.9. The molecule has 1 aliphatic heterocycles. The van der Waals surface area contributed by atoms with Gasteiger partial charge < -0.3 is 15.3 Å². The van der Waals surface area contributed by atoms with Gasteiger partial charge in [-0.2, -0.15) is 13.2 Å². The quantitative estimate of drug-likeness (QED) is 0.751. The Morgan fingerprint density at radius 2 is 2.18 bits per heavy atom. The van der Waals surface area contributed by atoms with Crippen LogP contribution >= 0.6 is 0 Å². The van der Waals surface area contributed by atoms with Crippen LogP contribution in [0.2, 0.25) is 0 Å². The molecule has 0 radical (unpaired) electrons. The van der Waals surface area contributed by atoms with Crippen molar-refractivity contribution in [2.24, 2.45) is 0 Å². The molecular weight excluding hydrogens is 237 g/mol. The standard InChI is InChI=1S/C10H17F3N2O2/c11-10(12,13)6-9(17)15(4-5-16)7-8-2-1-3-14-8/h8,14,16H,1-7H2. The number of aliphatic hydroxyl groups is 1. The topological polar surface area (TPSA) is 52.6 Å². The molecule has 1 amide bonds. The maximum absolute atomic E-state index is 12.1. The van der Waals surface area contributed by atoms with Crippen molar-refractivity contribution in [3.63, 3.8) is 0 Å². The Balaban J connectivity index is 2.48. The van der Waals surface area contributed by atoms with Gasteiger partial charge in [-0.15, -0.1) is 0 Å². The van der Waals surface area contributed by atoms with Gasteiger partial charge in [-0.25, -0.2) is 0 Å². The second kappa shape index (κ2) is 6.20. The molecule has 1 rings (SSSR count). The van der Waals surface area contributed by atoms with Crippen LogP contribution in [0.5, 0.6) is 0 Å². The van der Waals surface area contributed by atoms with Crippen LogP contribution in [-0.4, -0.2) is 54.4 Å². The lowest BCUT2D eigenvalue weighted by Gasteiger charge is -2.25. The molecule has 17 heavy (non-hydrogen) atoms. The summed E-state index contributed by atoms with van der Waals surface area (Å²) in [4.78, 5) is 12.5. The zero-order valence-corrected chi connectivity index (χ0v) is 9.46. The van der Waals surface area contributed by atoms with Crippen LogP contribution < -0.4 is 5.32 Å². The van der Waals surface area contributed by atoms with Gasteiger partial charge in [-0.05, 0) is 19.4 Å². The first-order valence-electron chi connectivity index (χ1n) is 5.61. The zero-order chi connectivity index (χ0) is 12.9. The van der Waals surface area contributed by atoms with Crippen LogP contribution in [0.15, 0.2) is 0 Å². The van der Waals surface area contributed by atoms with E-state index in [-0.39, 0.29) is 25.7 Å². The lowest BCUT2D eigenvalue weighted by atomic mass is 10.2. The Morgan fingerprint density at radius 1 is 1.47 bits per heavy atom. The number of amides is 1. The third kappa shape index (κ3) is 5.36. The molecule has 0 spiro atoms. The summed E-state index contributed by atoms with van der Waals surface area (Å²) in [5.41, 5.74) is 0. The number of hydrogen-bond donors (Lipinski definition) is 2. The van der Waals surface area contributed by atoms with Crippen molar-refractivity contribution in [2.45, 2.75) is 31.5 Å². The summed E-state index contributed by atoms with van der Waals surface area (Å²) in [7, 11) is 0. The Morgan fingerprint density at radius 3 is 2.65 bits per heavy atom. The lowest BCUT2D eigenvalue weighted by Crippen LogP contribution is -2.43. The second-order valence-corrected chi connectivity index (χ2v) is 4.15. The molecule has 1 atom stereocenters. The van der Waals surface area contributed by atoms with Gasteiger partial charge in [-0.1, -0.05) is 0 Å². The fourth-order valence-electron chi connectivity index (χ4n) is 1.90. The van der Waals surface area contributed by atoms with Crippen molar-refractivity contribution >= 4 is 5.91 Å². The second-order valence-electron chi connectivity index (χ2n) is 4.15. The lowest BCUT2D eigenvalue weighted by molar-refractivity contribution is -0.162. The smallest absolute Gasteiger partial charge is 0.395 e. The maximum Gasteiger partial charge on any atom is 0.397 e. The number of aliphatic hydroxyl groups excluding tert-OH is 1. The number of carbonyl (C=O) groups is 1. The summed E-state index contributed by atoms with van der Waals surface area (Å²) in [5.74, 6) is -0.972. The molecule has 0 aliphatic carbocycles. The van der Waals surface area contributed by atoms with Gasteiger partial charge in [0.25, 0.3) is 0 Å². The van der Waals surface area contributed by atoms with Crippen molar-refractivity contribution < 1.29 is 23.1 Å². The SMILES string of the molecule is O=C(CC(F)(F)F)N(CCO)CC1CCCN1. The van der Waals surface area contributed by atoms with Crippen LogP contribution in [0.3, 0.4) is 0 Å². The molecular formula is C10H17F3N2O2. The average Bonchev–Trinajstić information content (AvgIpc) is 2.67. The summed E-state index contributed by atoms with van der Waals surface area (Å²) in [6.07, 6.45) is -4.14. The summed E-state index contributed by atoms with van der Waals surface area (Å²) < 4.78 is 36.3. The minimum Gasteiger partial charge on any atom is -0.395 e. The predicted octanol–water partition coefficient (Wildman–Crippen LogP) is 0.512. The molecule has 1 aliphatic rings. The van der Waals surface area contributed by atoms with E-state index in [0.29, 0.717) is 0 Å². The molecule has 100 valence electrons. The van der Waals surface area contributed by atoms with Crippen LogP contribution in [-0.2, 0) is 4.79 Å². The molecule has 1 heterocycles. The first-order chi connectivity index (χ1) is 7.92. The number of carbonyl (C=O) groups excluding carboxylic acids is 1. The molecule has 1 unspecified atom stereocenters. The first kappa shape index (κ1) is 14.2. The van der Waals surface area contributed by atoms with Crippen molar-refractivity contribution in [3.05, 3.63) is 0 Å². The van der Waals surface area contributed by atoms with Crippen LogP contribution in [0.1, 0.15) is 19.3 Å². The largest absolute Gasteiger partial charge is 0.397 e. The van der Waals surface area contributed by atoms with Gasteiger partial charge in [0, 0.05) is 19.1 Å². The fraction of sp³-hybridized carbons (Fsp3) is 0.900. The van der Waals surface area contributed by atoms with Gasteiger partial charge in [-0.3, -0.25) is 4.79 Å². The van der Waals surface area contributed by atoms with Gasteiger partial charge >= 0.3 is 6.18 Å². The molecule has 0 aromatic rings. The Kier molecular flexibility index (Phi) is 5.20. The fourth-order valence-corrected chi connectivity index (χ4v) is 1.90. The van der Waals surface area contributed by atoms with E-state index in [9.17, 15) is 18.0 Å². The first-order valence-corrected chi connectivity index (χ1v) is 5.61. The third-order valence-electron chi connectivity index (χ3n) is 2.68. The number of nitrogens with one attached hydrogen (secondary N) is 1. The highest BCUT2D eigenvalue weighted by molar-refractivity contribution is 5.76. The van der Waals surface area contributed by atoms with Crippen LogP contribution in [0, 0.1) is 0 Å². The molecule has 0 bridgehead atoms. The molecule has 1 fully saturated rings. The highest BCUT2D eigenvalue weighted by atomic mass is 19.4. The zero-order valence-electron chi connectivity index (χ0n) is 9.46. The van der Waals surface area contributed by atoms with Gasteiger partial charge in [0.1, 0.15) is 6.42 Å². The van der Waals surface area contributed by atoms with Crippen molar-refractivity contribution in [3.8, 4) is 0 Å². The van der Waals surface area contributed by atoms with E-state index in [1.807, 2.05) is 0 Å². The van der Waals surface area contributed by atoms with Crippen molar-refractivity contribution in [1.29, 1.82) is 0 Å². The summed E-state index contributed by atoms with van der Waals surface area (Å²) in [6, 6.07) is 0.0405. The highest BCUT2D eigenvalue weighted by Crippen LogP contribution is 2.21. The normalized spacial score (nSPS) is 20.6. The van der Waals surface area contributed by atoms with Crippen LogP contribution in [0.4, 0.5) is 13.2 Å². The van der Waals surface area contributed by atoms with Crippen molar-refractivity contribution in [1.82, 2.24) is 10.2 Å². The Bertz CT molecular complexity index is 252. The van der Waals surface area contributed by atoms with E-state index in [1.165, 1.54) is 0 Å². The molecule has 4 nitrogen and oxygen atoms in total. The monoisotopic (exact) mass is 254 g/mol. The van der Waals surface area contributed by atoms with Gasteiger partial charge in [0.05, 0.1) is 6.61 Å². The van der Waals surface area contributed by atoms with E-state index < -0.39 is 18.5 Å². The van der Waals surface area contributed by atoms with E-state index >= 15 is 0 Å². The number of rotatable bonds is 5. The van der Waals surface area contributed by atoms with E-state index in [4.69, 9.17) is 5.11 Å². The molecule has 7 heteroatoms. The minimum atomic E-state index is -4.49. The predicted molar refractivity (Wildman–Crippen MR) is 55.4 cm³/mol. The van der Waals surface area contributed by atoms with Gasteiger partial charge in [0.2, 0.25) is 5.91 Å². The van der Waals surface area contributed by atoms with Gasteiger partial charge in [0.15, 0.2) is 0 Å².